The number of rotatable bonds is 6. The number of hydrogen-bond acceptors (Lipinski definition) is 9. The maximum atomic E-state index is 13.1. The van der Waals surface area contributed by atoms with E-state index in [-0.39, 0.29) is 22.6 Å². The molecule has 4 N–H and O–H groups in total. The number of oxime groups is 1. The van der Waals surface area contributed by atoms with E-state index in [4.69, 9.17) is 10.6 Å². The molecule has 3 aliphatic rings. The maximum Gasteiger partial charge on any atom is 0.327 e. The number of nitrogens with one attached hydrogen (secondary N) is 1. The number of nitrogens with two attached hydrogens (primary N) is 1. The van der Waals surface area contributed by atoms with E-state index < -0.39 is 40.0 Å². The van der Waals surface area contributed by atoms with Crippen molar-refractivity contribution in [2.24, 2.45) is 5.16 Å². The number of thioether (sulfide) groups is 1. The highest BCUT2D eigenvalue weighted by Crippen LogP contribution is 2.50. The second-order valence-corrected chi connectivity index (χ2v) is 11.3. The topological polar surface area (TPSA) is 147 Å². The van der Waals surface area contributed by atoms with Gasteiger partial charge in [-0.3, -0.25) is 9.59 Å². The van der Waals surface area contributed by atoms with Gasteiger partial charge in [0.25, 0.3) is 5.91 Å². The molecule has 0 radical (unpaired) electrons. The van der Waals surface area contributed by atoms with E-state index in [2.05, 4.69) is 22.0 Å². The van der Waals surface area contributed by atoms with Crippen LogP contribution in [0.15, 0.2) is 22.7 Å². The highest BCUT2D eigenvalue weighted by atomic mass is 32.2. The van der Waals surface area contributed by atoms with Crippen LogP contribution in [0.5, 0.6) is 0 Å². The van der Waals surface area contributed by atoms with Gasteiger partial charge in [-0.1, -0.05) is 17.3 Å². The highest BCUT2D eigenvalue weighted by Gasteiger charge is 2.64. The molecule has 2 saturated heterocycles. The number of nitrogens with zero attached hydrogens (tertiary/aromatic N) is 3. The molecule has 0 spiro atoms. The Morgan fingerprint density at radius 3 is 2.69 bits per heavy atom. The van der Waals surface area contributed by atoms with Crippen LogP contribution in [-0.4, -0.2) is 66.8 Å². The fourth-order valence-corrected chi connectivity index (χ4v) is 6.36. The summed E-state index contributed by atoms with van der Waals surface area (Å²) < 4.78 is -0.681. The number of carbonyl (C=O) groups is 3. The summed E-state index contributed by atoms with van der Waals surface area (Å²) in [5.41, 5.74) is 7.09. The number of nitrogen functional groups attached to an aromatic ring is 1. The van der Waals surface area contributed by atoms with E-state index in [0.29, 0.717) is 0 Å². The number of carboxylic acids is 1. The number of anilines is 1. The van der Waals surface area contributed by atoms with Crippen LogP contribution in [-0.2, 0) is 19.2 Å². The van der Waals surface area contributed by atoms with Crippen LogP contribution in [0.2, 0.25) is 0 Å². The SMILES string of the molecule is C=C1CCC(ON=C(C(=O)N[C@H]2C(=O)N3[C@@H]2SC(C)(C)[C@@H]3C(=O)O)c2csc(N)n2)CC1. The fraction of sp³-hybridized carbons (Fsp3) is 0.550. The molecule has 1 aliphatic carbocycles. The van der Waals surface area contributed by atoms with Crippen molar-refractivity contribution < 1.29 is 24.3 Å². The summed E-state index contributed by atoms with van der Waals surface area (Å²) in [5.74, 6) is -2.12. The van der Waals surface area contributed by atoms with Crippen LogP contribution in [0.3, 0.4) is 0 Å². The van der Waals surface area contributed by atoms with Crippen LogP contribution >= 0.6 is 23.1 Å². The molecular formula is C20H25N5O5S2. The minimum Gasteiger partial charge on any atom is -0.480 e. The van der Waals surface area contributed by atoms with Crippen molar-refractivity contribution in [2.75, 3.05) is 5.73 Å². The van der Waals surface area contributed by atoms with Gasteiger partial charge in [-0.05, 0) is 39.5 Å². The molecule has 10 nitrogen and oxygen atoms in total. The molecule has 3 fully saturated rings. The van der Waals surface area contributed by atoms with Gasteiger partial charge in [0, 0.05) is 10.1 Å². The van der Waals surface area contributed by atoms with Crippen molar-refractivity contribution in [3.63, 3.8) is 0 Å². The number of carboxylic acid groups (broad SMARTS) is 1. The predicted octanol–water partition coefficient (Wildman–Crippen LogP) is 1.58. The van der Waals surface area contributed by atoms with Crippen LogP contribution in [0.4, 0.5) is 5.13 Å². The quantitative estimate of drug-likeness (QED) is 0.241. The van der Waals surface area contributed by atoms with Crippen LogP contribution < -0.4 is 11.1 Å². The van der Waals surface area contributed by atoms with Crippen molar-refractivity contribution in [1.82, 2.24) is 15.2 Å². The molecule has 3 heterocycles. The summed E-state index contributed by atoms with van der Waals surface area (Å²) in [7, 11) is 0. The average Bonchev–Trinajstić information content (AvgIpc) is 3.26. The Kier molecular flexibility index (Phi) is 5.93. The Morgan fingerprint density at radius 2 is 2.09 bits per heavy atom. The summed E-state index contributed by atoms with van der Waals surface area (Å²) in [6, 6.07) is -1.80. The molecule has 0 bridgehead atoms. The number of aliphatic carboxylic acids is 1. The van der Waals surface area contributed by atoms with Gasteiger partial charge in [0.15, 0.2) is 10.8 Å². The Bertz CT molecular complexity index is 996. The first kappa shape index (κ1) is 22.6. The van der Waals surface area contributed by atoms with Gasteiger partial charge in [0.1, 0.15) is 29.3 Å². The van der Waals surface area contributed by atoms with Crippen molar-refractivity contribution >= 4 is 51.7 Å². The average molecular weight is 480 g/mol. The fourth-order valence-electron chi connectivity index (χ4n) is 4.19. The zero-order chi connectivity index (χ0) is 23.2. The Balaban J connectivity index is 1.50. The van der Waals surface area contributed by atoms with Gasteiger partial charge >= 0.3 is 5.97 Å². The second-order valence-electron chi connectivity index (χ2n) is 8.61. The molecule has 2 amide bonds. The monoisotopic (exact) mass is 479 g/mol. The number of aromatic nitrogens is 1. The second kappa shape index (κ2) is 8.39. The lowest BCUT2D eigenvalue weighted by atomic mass is 9.94. The molecule has 2 aliphatic heterocycles. The van der Waals surface area contributed by atoms with E-state index in [1.165, 1.54) is 22.2 Å². The van der Waals surface area contributed by atoms with E-state index in [1.54, 1.807) is 19.2 Å². The van der Waals surface area contributed by atoms with E-state index in [1.807, 2.05) is 0 Å². The summed E-state index contributed by atoms with van der Waals surface area (Å²) in [6.45, 7) is 7.53. The summed E-state index contributed by atoms with van der Waals surface area (Å²) >= 11 is 2.52. The van der Waals surface area contributed by atoms with Crippen LogP contribution in [0, 0.1) is 0 Å². The van der Waals surface area contributed by atoms with E-state index >= 15 is 0 Å². The van der Waals surface area contributed by atoms with Crippen molar-refractivity contribution in [1.29, 1.82) is 0 Å². The largest absolute Gasteiger partial charge is 0.480 e. The lowest BCUT2D eigenvalue weighted by molar-refractivity contribution is -0.160. The Labute approximate surface area is 193 Å². The van der Waals surface area contributed by atoms with Crippen molar-refractivity contribution in [3.05, 3.63) is 23.2 Å². The van der Waals surface area contributed by atoms with Crippen LogP contribution in [0.25, 0.3) is 0 Å². The Morgan fingerprint density at radius 1 is 1.41 bits per heavy atom. The third-order valence-electron chi connectivity index (χ3n) is 5.87. The minimum atomic E-state index is -1.06. The number of β-lactam (4-membered cyclic amide) rings is 1. The molecule has 0 unspecified atom stereocenters. The van der Waals surface area contributed by atoms with Gasteiger partial charge in [-0.25, -0.2) is 9.78 Å². The first-order valence-corrected chi connectivity index (χ1v) is 12.0. The first-order valence-electron chi connectivity index (χ1n) is 10.2. The molecule has 172 valence electrons. The molecular weight excluding hydrogens is 454 g/mol. The number of thiazole rings is 1. The van der Waals surface area contributed by atoms with Gasteiger partial charge in [0.2, 0.25) is 5.91 Å². The first-order chi connectivity index (χ1) is 15.1. The van der Waals surface area contributed by atoms with Crippen LogP contribution in [0.1, 0.15) is 45.2 Å². The summed E-state index contributed by atoms with van der Waals surface area (Å²) in [5, 5.41) is 17.7. The van der Waals surface area contributed by atoms with Gasteiger partial charge in [-0.2, -0.15) is 0 Å². The van der Waals surface area contributed by atoms with Crippen molar-refractivity contribution in [2.45, 2.75) is 67.8 Å². The lowest BCUT2D eigenvalue weighted by Crippen LogP contribution is -2.71. The standard InChI is InChI=1S/C20H25N5O5S2/c1-9-4-6-10(7-5-9)30-24-12(11-8-31-19(21)22-11)15(26)23-13-16(27)25-14(18(28)29)20(2,3)32-17(13)25/h8,10,13-14,17H,1,4-7H2,2-3H3,(H2,21,22)(H,23,26)(H,28,29)/t13-,14-,17+/m0/s1. The van der Waals surface area contributed by atoms with E-state index in [9.17, 15) is 19.5 Å². The minimum absolute atomic E-state index is 0.0642. The molecule has 12 heteroatoms. The third kappa shape index (κ3) is 4.08. The zero-order valence-electron chi connectivity index (χ0n) is 17.7. The highest BCUT2D eigenvalue weighted by molar-refractivity contribution is 8.01. The van der Waals surface area contributed by atoms with E-state index in [0.717, 1.165) is 37.0 Å². The molecule has 1 saturated carbocycles. The zero-order valence-corrected chi connectivity index (χ0v) is 19.4. The third-order valence-corrected chi connectivity index (χ3v) is 8.12. The number of carbonyl (C=O) groups excluding carboxylic acids is 2. The van der Waals surface area contributed by atoms with Crippen molar-refractivity contribution in [3.8, 4) is 0 Å². The normalized spacial score (nSPS) is 27.6. The molecule has 1 aromatic heterocycles. The molecule has 0 aromatic carbocycles. The molecule has 3 atom stereocenters. The summed E-state index contributed by atoms with van der Waals surface area (Å²) in [6.07, 6.45) is 3.07. The number of amides is 2. The van der Waals surface area contributed by atoms with Gasteiger partial charge < -0.3 is 25.9 Å². The smallest absolute Gasteiger partial charge is 0.327 e. The predicted molar refractivity (Wildman–Crippen MR) is 121 cm³/mol. The molecule has 4 rings (SSSR count). The Hall–Kier alpha value is -2.60. The number of fused-ring (bicyclic) bond motifs is 1. The number of hydrogen-bond donors (Lipinski definition) is 3. The maximum absolute atomic E-state index is 13.1. The molecule has 1 aromatic rings. The van der Waals surface area contributed by atoms with Gasteiger partial charge in [0.05, 0.1) is 0 Å². The van der Waals surface area contributed by atoms with Gasteiger partial charge in [-0.15, -0.1) is 23.1 Å². The number of allylic oxidation sites excluding steroid dienone is 1. The summed E-state index contributed by atoms with van der Waals surface area (Å²) in [4.78, 5) is 48.6. The molecule has 32 heavy (non-hydrogen) atoms. The lowest BCUT2D eigenvalue weighted by Gasteiger charge is -2.43.